The first-order chi connectivity index (χ1) is 9.65. The fourth-order valence-electron chi connectivity index (χ4n) is 2.18. The number of rotatable bonds is 9. The molecule has 114 valence electrons. The lowest BCUT2D eigenvalue weighted by Crippen LogP contribution is -2.29. The molecule has 4 nitrogen and oxygen atoms in total. The quantitative estimate of drug-likeness (QED) is 0.748. The van der Waals surface area contributed by atoms with Crippen molar-refractivity contribution in [2.75, 3.05) is 30.3 Å². The minimum Gasteiger partial charge on any atom is -0.476 e. The van der Waals surface area contributed by atoms with Gasteiger partial charge in [-0.25, -0.2) is 0 Å². The highest BCUT2D eigenvalue weighted by Gasteiger charge is 2.13. The van der Waals surface area contributed by atoms with Crippen LogP contribution in [-0.2, 0) is 0 Å². The monoisotopic (exact) mass is 279 g/mol. The first-order valence-electron chi connectivity index (χ1n) is 7.80. The minimum absolute atomic E-state index is 0.562. The van der Waals surface area contributed by atoms with Gasteiger partial charge in [0.15, 0.2) is 0 Å². The smallest absolute Gasteiger partial charge is 0.239 e. The van der Waals surface area contributed by atoms with Crippen LogP contribution in [0.1, 0.15) is 47.0 Å². The molecule has 1 aromatic heterocycles. The summed E-state index contributed by atoms with van der Waals surface area (Å²) in [5, 5.41) is 0. The zero-order valence-electron chi connectivity index (χ0n) is 13.4. The molecule has 2 N–H and O–H groups in total. The highest BCUT2D eigenvalue weighted by Crippen LogP contribution is 2.24. The number of hydrogen-bond donors (Lipinski definition) is 1. The van der Waals surface area contributed by atoms with Crippen molar-refractivity contribution >= 4 is 11.5 Å². The van der Waals surface area contributed by atoms with E-state index in [2.05, 4.69) is 37.6 Å². The fraction of sp³-hybridized carbons (Fsp3) is 0.688. The van der Waals surface area contributed by atoms with Crippen molar-refractivity contribution in [1.82, 2.24) is 4.98 Å². The summed E-state index contributed by atoms with van der Waals surface area (Å²) < 4.78 is 5.62. The lowest BCUT2D eigenvalue weighted by Gasteiger charge is -2.27. The molecule has 0 amide bonds. The maximum atomic E-state index is 5.92. The molecule has 0 aliphatic carbocycles. The van der Waals surface area contributed by atoms with Crippen molar-refractivity contribution < 1.29 is 4.74 Å². The normalized spacial score (nSPS) is 10.8. The number of nitrogens with two attached hydrogens (primary N) is 1. The van der Waals surface area contributed by atoms with Gasteiger partial charge < -0.3 is 15.4 Å². The van der Waals surface area contributed by atoms with E-state index in [0.717, 1.165) is 25.3 Å². The fourth-order valence-corrected chi connectivity index (χ4v) is 2.18. The van der Waals surface area contributed by atoms with E-state index in [0.29, 0.717) is 24.1 Å². The van der Waals surface area contributed by atoms with Gasteiger partial charge in [-0.15, -0.1) is 0 Å². The Hall–Kier alpha value is -1.45. The van der Waals surface area contributed by atoms with Crippen molar-refractivity contribution in [3.8, 4) is 5.88 Å². The molecule has 0 aliphatic heterocycles. The van der Waals surface area contributed by atoms with Crippen LogP contribution < -0.4 is 15.4 Å². The van der Waals surface area contributed by atoms with Crippen molar-refractivity contribution in [2.24, 2.45) is 5.92 Å². The lowest BCUT2D eigenvalue weighted by atomic mass is 10.0. The Kier molecular flexibility index (Phi) is 7.20. The van der Waals surface area contributed by atoms with Gasteiger partial charge in [0.25, 0.3) is 0 Å². The molecule has 0 atom stereocenters. The molecule has 4 heteroatoms. The third kappa shape index (κ3) is 4.58. The van der Waals surface area contributed by atoms with Crippen molar-refractivity contribution in [3.05, 3.63) is 12.1 Å². The maximum Gasteiger partial charge on any atom is 0.239 e. The molecule has 20 heavy (non-hydrogen) atoms. The Labute approximate surface area is 123 Å². The van der Waals surface area contributed by atoms with E-state index in [9.17, 15) is 0 Å². The van der Waals surface area contributed by atoms with Gasteiger partial charge in [-0.05, 0) is 31.4 Å². The molecular formula is C16H29N3O. The number of hydrogen-bond acceptors (Lipinski definition) is 4. The Morgan fingerprint density at radius 3 is 2.45 bits per heavy atom. The Morgan fingerprint density at radius 2 is 1.90 bits per heavy atom. The zero-order chi connectivity index (χ0) is 15.0. The van der Waals surface area contributed by atoms with Gasteiger partial charge in [0.1, 0.15) is 5.82 Å². The van der Waals surface area contributed by atoms with Gasteiger partial charge in [-0.1, -0.05) is 33.6 Å². The van der Waals surface area contributed by atoms with E-state index >= 15 is 0 Å². The number of nitrogen functional groups attached to an aromatic ring is 1. The van der Waals surface area contributed by atoms with Gasteiger partial charge in [-0.3, -0.25) is 0 Å². The van der Waals surface area contributed by atoms with E-state index < -0.39 is 0 Å². The molecule has 0 bridgehead atoms. The van der Waals surface area contributed by atoms with Crippen LogP contribution in [0.4, 0.5) is 11.5 Å². The summed E-state index contributed by atoms with van der Waals surface area (Å²) in [5.74, 6) is 2.22. The van der Waals surface area contributed by atoms with Gasteiger partial charge >= 0.3 is 0 Å². The number of aromatic nitrogens is 1. The van der Waals surface area contributed by atoms with Gasteiger partial charge in [0.05, 0.1) is 12.3 Å². The maximum absolute atomic E-state index is 5.92. The zero-order valence-corrected chi connectivity index (χ0v) is 13.4. The van der Waals surface area contributed by atoms with Crippen LogP contribution in [0, 0.1) is 5.92 Å². The highest BCUT2D eigenvalue weighted by atomic mass is 16.5. The van der Waals surface area contributed by atoms with E-state index in [1.54, 1.807) is 0 Å². The molecular weight excluding hydrogens is 250 g/mol. The first kappa shape index (κ1) is 16.6. The number of pyridine rings is 1. The summed E-state index contributed by atoms with van der Waals surface area (Å²) in [6, 6.07) is 3.88. The van der Waals surface area contributed by atoms with Crippen LogP contribution >= 0.6 is 0 Å². The second kappa shape index (κ2) is 8.67. The van der Waals surface area contributed by atoms with Crippen molar-refractivity contribution in [1.29, 1.82) is 0 Å². The van der Waals surface area contributed by atoms with Crippen molar-refractivity contribution in [3.63, 3.8) is 0 Å². The van der Waals surface area contributed by atoms with E-state index in [1.807, 2.05) is 12.1 Å². The molecule has 0 saturated heterocycles. The molecule has 1 aromatic rings. The summed E-state index contributed by atoms with van der Waals surface area (Å²) in [7, 11) is 0. The van der Waals surface area contributed by atoms with Crippen LogP contribution in [-0.4, -0.2) is 24.7 Å². The molecule has 0 aromatic carbocycles. The molecule has 1 rings (SSSR count). The predicted molar refractivity (Wildman–Crippen MR) is 86.4 cm³/mol. The Bertz CT molecular complexity index is 391. The van der Waals surface area contributed by atoms with Crippen LogP contribution in [0.3, 0.4) is 0 Å². The van der Waals surface area contributed by atoms with Gasteiger partial charge in [0, 0.05) is 13.1 Å². The Morgan fingerprint density at radius 1 is 1.20 bits per heavy atom. The topological polar surface area (TPSA) is 51.4 Å². The largest absolute Gasteiger partial charge is 0.476 e. The summed E-state index contributed by atoms with van der Waals surface area (Å²) in [5.41, 5.74) is 6.53. The second-order valence-electron chi connectivity index (χ2n) is 5.13. The third-order valence-corrected chi connectivity index (χ3v) is 3.66. The molecule has 0 aliphatic rings. The average molecular weight is 279 g/mol. The SMILES string of the molecule is CCCOc1nc(N(CC)CC(CC)CC)ccc1N. The lowest BCUT2D eigenvalue weighted by molar-refractivity contribution is 0.307. The first-order valence-corrected chi connectivity index (χ1v) is 7.80. The highest BCUT2D eigenvalue weighted by molar-refractivity contribution is 5.54. The average Bonchev–Trinajstić information content (AvgIpc) is 2.48. The summed E-state index contributed by atoms with van der Waals surface area (Å²) in [6.07, 6.45) is 3.35. The Balaban J connectivity index is 2.86. The second-order valence-corrected chi connectivity index (χ2v) is 5.13. The molecule has 0 radical (unpaired) electrons. The van der Waals surface area contributed by atoms with Crippen LogP contribution in [0.2, 0.25) is 0 Å². The van der Waals surface area contributed by atoms with Crippen molar-refractivity contribution in [2.45, 2.75) is 47.0 Å². The third-order valence-electron chi connectivity index (χ3n) is 3.66. The van der Waals surface area contributed by atoms with Crippen LogP contribution in [0.25, 0.3) is 0 Å². The number of ether oxygens (including phenoxy) is 1. The minimum atomic E-state index is 0.562. The molecule has 0 spiro atoms. The van der Waals surface area contributed by atoms with Crippen LogP contribution in [0.15, 0.2) is 12.1 Å². The van der Waals surface area contributed by atoms with E-state index in [4.69, 9.17) is 10.5 Å². The number of anilines is 2. The van der Waals surface area contributed by atoms with Gasteiger partial charge in [0.2, 0.25) is 5.88 Å². The summed E-state index contributed by atoms with van der Waals surface area (Å²) >= 11 is 0. The number of nitrogens with zero attached hydrogens (tertiary/aromatic N) is 2. The van der Waals surface area contributed by atoms with Crippen LogP contribution in [0.5, 0.6) is 5.88 Å². The molecule has 0 saturated carbocycles. The molecule has 1 heterocycles. The van der Waals surface area contributed by atoms with E-state index in [1.165, 1.54) is 12.8 Å². The van der Waals surface area contributed by atoms with E-state index in [-0.39, 0.29) is 0 Å². The van der Waals surface area contributed by atoms with Gasteiger partial charge in [-0.2, -0.15) is 4.98 Å². The predicted octanol–water partition coefficient (Wildman–Crippen LogP) is 3.72. The summed E-state index contributed by atoms with van der Waals surface area (Å²) in [6.45, 7) is 11.4. The molecule has 0 unspecified atom stereocenters. The summed E-state index contributed by atoms with van der Waals surface area (Å²) in [4.78, 5) is 6.88. The standard InChI is InChI=1S/C16H29N3O/c1-5-11-20-16-14(17)9-10-15(18-16)19(8-4)12-13(6-2)7-3/h9-10,13H,5-8,11-12,17H2,1-4H3. The molecule has 0 fully saturated rings.